The van der Waals surface area contributed by atoms with Crippen molar-refractivity contribution in [3.05, 3.63) is 0 Å². The highest BCUT2D eigenvalue weighted by Crippen LogP contribution is 2.10. The fraction of sp³-hybridized carbons (Fsp3) is 1.00. The molecule has 0 bridgehead atoms. The Balaban J connectivity index is 0. The van der Waals surface area contributed by atoms with Gasteiger partial charge in [-0.15, -0.1) is 11.8 Å². The minimum absolute atomic E-state index is 0.713. The summed E-state index contributed by atoms with van der Waals surface area (Å²) in [6.45, 7) is 11.4. The van der Waals surface area contributed by atoms with Crippen LogP contribution in [0.1, 0.15) is 34.6 Å². The molecule has 0 aliphatic carbocycles. The summed E-state index contributed by atoms with van der Waals surface area (Å²) in [5, 5.41) is 4.00. The molecular weight excluding hydrogens is 142 g/mol. The molecule has 1 atom stereocenters. The Bertz CT molecular complexity index is 42.5. The fourth-order valence-electron chi connectivity index (χ4n) is 0.557. The molecule has 1 aliphatic heterocycles. The third-order valence-electron chi connectivity index (χ3n) is 0.902. The average molecular weight is 163 g/mol. The van der Waals surface area contributed by atoms with Crippen molar-refractivity contribution in [2.45, 2.75) is 40.0 Å². The first-order valence-electron chi connectivity index (χ1n) is 4.24. The van der Waals surface area contributed by atoms with Crippen molar-refractivity contribution in [1.82, 2.24) is 5.32 Å². The van der Waals surface area contributed by atoms with Crippen LogP contribution in [0, 0.1) is 0 Å². The molecule has 0 radical (unpaired) electrons. The highest BCUT2D eigenvalue weighted by Gasteiger charge is 2.05. The summed E-state index contributed by atoms with van der Waals surface area (Å²) in [6, 6.07) is 0. The number of thioether (sulfide) groups is 1. The number of rotatable bonds is 0. The van der Waals surface area contributed by atoms with Gasteiger partial charge in [0.25, 0.3) is 0 Å². The van der Waals surface area contributed by atoms with Gasteiger partial charge in [-0.3, -0.25) is 0 Å². The molecule has 2 heteroatoms. The maximum atomic E-state index is 3.28. The number of hydrogen-bond acceptors (Lipinski definition) is 2. The third-order valence-corrected chi connectivity index (χ3v) is 2.01. The van der Waals surface area contributed by atoms with Crippen molar-refractivity contribution in [2.75, 3.05) is 12.3 Å². The van der Waals surface area contributed by atoms with Crippen LogP contribution in [0.4, 0.5) is 0 Å². The Kier molecular flexibility index (Phi) is 15.6. The lowest BCUT2D eigenvalue weighted by Gasteiger charge is -1.94. The van der Waals surface area contributed by atoms with Gasteiger partial charge in [0.05, 0.1) is 5.37 Å². The van der Waals surface area contributed by atoms with Gasteiger partial charge in [-0.1, -0.05) is 27.7 Å². The molecule has 10 heavy (non-hydrogen) atoms. The number of nitrogens with one attached hydrogen (secondary N) is 1. The van der Waals surface area contributed by atoms with E-state index in [0.717, 1.165) is 0 Å². The Morgan fingerprint density at radius 2 is 1.70 bits per heavy atom. The minimum atomic E-state index is 0.713. The van der Waals surface area contributed by atoms with E-state index in [0.29, 0.717) is 5.37 Å². The monoisotopic (exact) mass is 163 g/mol. The zero-order valence-electron chi connectivity index (χ0n) is 7.90. The Morgan fingerprint density at radius 3 is 1.80 bits per heavy atom. The minimum Gasteiger partial charge on any atom is -0.305 e. The molecule has 1 rings (SSSR count). The SMILES string of the molecule is CC.CC.CC1NCCS1. The summed E-state index contributed by atoms with van der Waals surface area (Å²) >= 11 is 1.99. The van der Waals surface area contributed by atoms with Gasteiger partial charge in [-0.25, -0.2) is 0 Å². The van der Waals surface area contributed by atoms with E-state index >= 15 is 0 Å². The van der Waals surface area contributed by atoms with Crippen molar-refractivity contribution in [2.24, 2.45) is 0 Å². The molecular formula is C8H21NS. The van der Waals surface area contributed by atoms with E-state index in [1.807, 2.05) is 39.5 Å². The standard InChI is InChI=1S/C4H9NS.2C2H6/c1-4-5-2-3-6-4;2*1-2/h4-5H,2-3H2,1H3;2*1-2H3. The summed E-state index contributed by atoms with van der Waals surface area (Å²) in [5.41, 5.74) is 0. The summed E-state index contributed by atoms with van der Waals surface area (Å²) in [4.78, 5) is 0. The Hall–Kier alpha value is 0.310. The van der Waals surface area contributed by atoms with Crippen LogP contribution in [0.15, 0.2) is 0 Å². The summed E-state index contributed by atoms with van der Waals surface area (Å²) < 4.78 is 0. The molecule has 1 unspecified atom stereocenters. The quantitative estimate of drug-likeness (QED) is 0.589. The topological polar surface area (TPSA) is 12.0 Å². The van der Waals surface area contributed by atoms with E-state index in [1.54, 1.807) is 0 Å². The molecule has 1 saturated heterocycles. The van der Waals surface area contributed by atoms with Crippen molar-refractivity contribution in [1.29, 1.82) is 0 Å². The number of hydrogen-bond donors (Lipinski definition) is 1. The van der Waals surface area contributed by atoms with Crippen molar-refractivity contribution >= 4 is 11.8 Å². The molecule has 0 spiro atoms. The second-order valence-electron chi connectivity index (χ2n) is 1.47. The van der Waals surface area contributed by atoms with Crippen LogP contribution < -0.4 is 5.32 Å². The van der Waals surface area contributed by atoms with Crippen LogP contribution in [-0.2, 0) is 0 Å². The van der Waals surface area contributed by atoms with E-state index in [4.69, 9.17) is 0 Å². The van der Waals surface area contributed by atoms with Crippen molar-refractivity contribution in [3.63, 3.8) is 0 Å². The molecule has 0 saturated carbocycles. The maximum absolute atomic E-state index is 3.28. The van der Waals surface area contributed by atoms with Gasteiger partial charge < -0.3 is 5.32 Å². The van der Waals surface area contributed by atoms with Gasteiger partial charge in [0, 0.05) is 12.3 Å². The van der Waals surface area contributed by atoms with Crippen molar-refractivity contribution in [3.8, 4) is 0 Å². The zero-order valence-corrected chi connectivity index (χ0v) is 8.72. The molecule has 0 aromatic carbocycles. The van der Waals surface area contributed by atoms with Crippen LogP contribution in [0.3, 0.4) is 0 Å². The lowest BCUT2D eigenvalue weighted by atomic mass is 10.7. The molecule has 64 valence electrons. The van der Waals surface area contributed by atoms with Gasteiger partial charge in [0.2, 0.25) is 0 Å². The summed E-state index contributed by atoms with van der Waals surface area (Å²) in [5.74, 6) is 1.29. The van der Waals surface area contributed by atoms with Gasteiger partial charge in [-0.05, 0) is 6.92 Å². The summed E-state index contributed by atoms with van der Waals surface area (Å²) in [6.07, 6.45) is 0. The van der Waals surface area contributed by atoms with Gasteiger partial charge in [0.1, 0.15) is 0 Å². The van der Waals surface area contributed by atoms with Crippen LogP contribution >= 0.6 is 11.8 Å². The lowest BCUT2D eigenvalue weighted by molar-refractivity contribution is 0.761. The van der Waals surface area contributed by atoms with Crippen molar-refractivity contribution < 1.29 is 0 Å². The first-order chi connectivity index (χ1) is 4.89. The molecule has 1 aliphatic rings. The van der Waals surface area contributed by atoms with E-state index in [1.165, 1.54) is 12.3 Å². The first-order valence-corrected chi connectivity index (χ1v) is 5.29. The average Bonchev–Trinajstić information content (AvgIpc) is 2.48. The van der Waals surface area contributed by atoms with Gasteiger partial charge >= 0.3 is 0 Å². The largest absolute Gasteiger partial charge is 0.305 e. The molecule has 0 aromatic heterocycles. The normalized spacial score (nSPS) is 21.9. The second-order valence-corrected chi connectivity index (χ2v) is 2.92. The molecule has 0 aromatic rings. The Labute approximate surface area is 70.0 Å². The van der Waals surface area contributed by atoms with Crippen LogP contribution in [0.5, 0.6) is 0 Å². The fourth-order valence-corrected chi connectivity index (χ4v) is 1.38. The van der Waals surface area contributed by atoms with E-state index < -0.39 is 0 Å². The predicted molar refractivity (Wildman–Crippen MR) is 52.6 cm³/mol. The van der Waals surface area contributed by atoms with Crippen LogP contribution in [0.2, 0.25) is 0 Å². The molecule has 1 nitrogen and oxygen atoms in total. The Morgan fingerprint density at radius 1 is 1.20 bits per heavy atom. The predicted octanol–water partition coefficient (Wildman–Crippen LogP) is 2.72. The van der Waals surface area contributed by atoms with E-state index in [-0.39, 0.29) is 0 Å². The maximum Gasteiger partial charge on any atom is 0.0504 e. The van der Waals surface area contributed by atoms with Gasteiger partial charge in [-0.2, -0.15) is 0 Å². The lowest BCUT2D eigenvalue weighted by Crippen LogP contribution is -2.14. The van der Waals surface area contributed by atoms with E-state index in [2.05, 4.69) is 12.2 Å². The highest BCUT2D eigenvalue weighted by atomic mass is 32.2. The first kappa shape index (κ1) is 12.9. The van der Waals surface area contributed by atoms with E-state index in [9.17, 15) is 0 Å². The third kappa shape index (κ3) is 8.31. The second kappa shape index (κ2) is 12.0. The highest BCUT2D eigenvalue weighted by molar-refractivity contribution is 8.00. The molecule has 1 heterocycles. The molecule has 1 N–H and O–H groups in total. The zero-order chi connectivity index (χ0) is 8.41. The molecule has 0 amide bonds. The molecule has 1 fully saturated rings. The van der Waals surface area contributed by atoms with Crippen LogP contribution in [-0.4, -0.2) is 17.7 Å². The summed E-state index contributed by atoms with van der Waals surface area (Å²) in [7, 11) is 0. The van der Waals surface area contributed by atoms with Gasteiger partial charge in [0.15, 0.2) is 0 Å². The van der Waals surface area contributed by atoms with Crippen LogP contribution in [0.25, 0.3) is 0 Å². The smallest absolute Gasteiger partial charge is 0.0504 e.